The fourth-order valence-electron chi connectivity index (χ4n) is 3.37. The van der Waals surface area contributed by atoms with Crippen molar-refractivity contribution in [2.24, 2.45) is 5.73 Å². The van der Waals surface area contributed by atoms with Gasteiger partial charge < -0.3 is 5.73 Å². The van der Waals surface area contributed by atoms with E-state index in [9.17, 15) is 4.79 Å². The lowest BCUT2D eigenvalue weighted by Gasteiger charge is -2.40. The first-order valence-corrected chi connectivity index (χ1v) is 7.82. The minimum Gasteiger partial charge on any atom is -0.369 e. The molecule has 2 aromatic rings. The first-order chi connectivity index (χ1) is 10.7. The summed E-state index contributed by atoms with van der Waals surface area (Å²) in [5.41, 5.74) is 7.64. The molecule has 2 N–H and O–H groups in total. The van der Waals surface area contributed by atoms with E-state index in [-0.39, 0.29) is 18.3 Å². The minimum absolute atomic E-state index is 0. The summed E-state index contributed by atoms with van der Waals surface area (Å²) in [5.74, 6) is -0.196. The number of benzene rings is 2. The molecule has 1 aliphatic rings. The molecule has 0 aliphatic carbocycles. The Morgan fingerprint density at radius 3 is 2.00 bits per heavy atom. The number of halogens is 1. The second-order valence-electron chi connectivity index (χ2n) is 6.07. The van der Waals surface area contributed by atoms with Gasteiger partial charge in [0.25, 0.3) is 0 Å². The van der Waals surface area contributed by atoms with Gasteiger partial charge in [0.15, 0.2) is 0 Å². The Bertz CT molecular complexity index is 622. The number of hydrogen-bond acceptors (Lipinski definition) is 2. The van der Waals surface area contributed by atoms with Gasteiger partial charge >= 0.3 is 0 Å². The fourth-order valence-corrected chi connectivity index (χ4v) is 3.37. The highest BCUT2D eigenvalue weighted by Gasteiger charge is 2.41. The Labute approximate surface area is 143 Å². The second-order valence-corrected chi connectivity index (χ2v) is 6.07. The van der Waals surface area contributed by atoms with Gasteiger partial charge in [0.05, 0.1) is 5.41 Å². The standard InChI is InChI=1S/C19H22N2O.ClH/c20-18(22)19(17-9-5-2-6-10-17)11-13-21(14-12-19)15-16-7-3-1-4-8-16;/h1-10H,11-15H2,(H2,20,22);1H. The molecule has 3 nitrogen and oxygen atoms in total. The van der Waals surface area contributed by atoms with Crippen LogP contribution in [0, 0.1) is 0 Å². The van der Waals surface area contributed by atoms with Crippen LogP contribution in [0.15, 0.2) is 60.7 Å². The minimum atomic E-state index is -0.506. The zero-order valence-electron chi connectivity index (χ0n) is 13.2. The molecule has 0 bridgehead atoms. The fraction of sp³-hybridized carbons (Fsp3) is 0.316. The van der Waals surface area contributed by atoms with Crippen LogP contribution in [0.3, 0.4) is 0 Å². The van der Waals surface area contributed by atoms with Crippen molar-refractivity contribution in [3.8, 4) is 0 Å². The van der Waals surface area contributed by atoms with Crippen LogP contribution in [0.25, 0.3) is 0 Å². The predicted molar refractivity (Wildman–Crippen MR) is 95.5 cm³/mol. The second kappa shape index (κ2) is 7.62. The van der Waals surface area contributed by atoms with Crippen molar-refractivity contribution >= 4 is 18.3 Å². The number of carbonyl (C=O) groups is 1. The summed E-state index contributed by atoms with van der Waals surface area (Å²) in [6.07, 6.45) is 1.58. The highest BCUT2D eigenvalue weighted by Crippen LogP contribution is 2.35. The van der Waals surface area contributed by atoms with Crippen molar-refractivity contribution < 1.29 is 4.79 Å². The number of primary amides is 1. The summed E-state index contributed by atoms with van der Waals surface area (Å²) in [6, 6.07) is 20.5. The Morgan fingerprint density at radius 1 is 0.957 bits per heavy atom. The van der Waals surface area contributed by atoms with Crippen LogP contribution in [-0.4, -0.2) is 23.9 Å². The van der Waals surface area contributed by atoms with Gasteiger partial charge in [0.2, 0.25) is 5.91 Å². The summed E-state index contributed by atoms with van der Waals surface area (Å²) in [5, 5.41) is 0. The lowest BCUT2D eigenvalue weighted by Crippen LogP contribution is -2.49. The Kier molecular flexibility index (Phi) is 5.80. The van der Waals surface area contributed by atoms with Crippen LogP contribution in [0.2, 0.25) is 0 Å². The first kappa shape index (κ1) is 17.5. The van der Waals surface area contributed by atoms with Crippen LogP contribution in [-0.2, 0) is 16.8 Å². The SMILES string of the molecule is Cl.NC(=O)C1(c2ccccc2)CCN(Cc2ccccc2)CC1. The third-order valence-corrected chi connectivity index (χ3v) is 4.76. The summed E-state index contributed by atoms with van der Waals surface area (Å²) in [4.78, 5) is 14.5. The smallest absolute Gasteiger partial charge is 0.228 e. The van der Waals surface area contributed by atoms with Crippen LogP contribution in [0.1, 0.15) is 24.0 Å². The molecule has 0 spiro atoms. The molecule has 0 unspecified atom stereocenters. The van der Waals surface area contributed by atoms with Gasteiger partial charge in [-0.15, -0.1) is 12.4 Å². The monoisotopic (exact) mass is 330 g/mol. The molecule has 1 heterocycles. The molecule has 1 saturated heterocycles. The zero-order valence-corrected chi connectivity index (χ0v) is 14.0. The van der Waals surface area contributed by atoms with E-state index in [0.29, 0.717) is 0 Å². The number of nitrogens with two attached hydrogens (primary N) is 1. The van der Waals surface area contributed by atoms with Crippen molar-refractivity contribution in [2.45, 2.75) is 24.8 Å². The van der Waals surface area contributed by atoms with Crippen molar-refractivity contribution in [3.63, 3.8) is 0 Å². The molecule has 122 valence electrons. The average molecular weight is 331 g/mol. The van der Waals surface area contributed by atoms with Crippen molar-refractivity contribution in [1.29, 1.82) is 0 Å². The van der Waals surface area contributed by atoms with E-state index in [4.69, 9.17) is 5.73 Å². The van der Waals surface area contributed by atoms with Crippen LogP contribution in [0.4, 0.5) is 0 Å². The Hall–Kier alpha value is -1.84. The molecular formula is C19H23ClN2O. The average Bonchev–Trinajstić information content (AvgIpc) is 2.57. The lowest BCUT2D eigenvalue weighted by atomic mass is 9.72. The molecule has 1 amide bonds. The van der Waals surface area contributed by atoms with E-state index < -0.39 is 5.41 Å². The van der Waals surface area contributed by atoms with Crippen LogP contribution in [0.5, 0.6) is 0 Å². The highest BCUT2D eigenvalue weighted by atomic mass is 35.5. The highest BCUT2D eigenvalue weighted by molar-refractivity contribution is 5.87. The third-order valence-electron chi connectivity index (χ3n) is 4.76. The van der Waals surface area contributed by atoms with Crippen LogP contribution < -0.4 is 5.73 Å². The summed E-state index contributed by atoms with van der Waals surface area (Å²) in [7, 11) is 0. The number of likely N-dealkylation sites (tertiary alicyclic amines) is 1. The van der Waals surface area contributed by atoms with Crippen LogP contribution >= 0.6 is 12.4 Å². The molecule has 1 fully saturated rings. The first-order valence-electron chi connectivity index (χ1n) is 7.82. The predicted octanol–water partition coefficient (Wildman–Crippen LogP) is 3.13. The molecular weight excluding hydrogens is 308 g/mol. The maximum absolute atomic E-state index is 12.1. The van der Waals surface area contributed by atoms with Crippen molar-refractivity contribution in [1.82, 2.24) is 4.90 Å². The van der Waals surface area contributed by atoms with Crippen molar-refractivity contribution in [3.05, 3.63) is 71.8 Å². The molecule has 23 heavy (non-hydrogen) atoms. The van der Waals surface area contributed by atoms with Crippen molar-refractivity contribution in [2.75, 3.05) is 13.1 Å². The van der Waals surface area contributed by atoms with Gasteiger partial charge in [-0.25, -0.2) is 0 Å². The Morgan fingerprint density at radius 2 is 1.48 bits per heavy atom. The quantitative estimate of drug-likeness (QED) is 0.936. The van der Waals surface area contributed by atoms with E-state index in [1.807, 2.05) is 36.4 Å². The third kappa shape index (κ3) is 3.74. The molecule has 3 rings (SSSR count). The van der Waals surface area contributed by atoms with E-state index >= 15 is 0 Å². The molecule has 0 saturated carbocycles. The van der Waals surface area contributed by atoms with Gasteiger partial charge in [0, 0.05) is 6.54 Å². The molecule has 1 aliphatic heterocycles. The number of hydrogen-bond donors (Lipinski definition) is 1. The molecule has 0 atom stereocenters. The number of rotatable bonds is 4. The maximum Gasteiger partial charge on any atom is 0.228 e. The van der Waals surface area contributed by atoms with E-state index in [1.54, 1.807) is 0 Å². The largest absolute Gasteiger partial charge is 0.369 e. The van der Waals surface area contributed by atoms with Gasteiger partial charge in [-0.05, 0) is 37.1 Å². The zero-order chi connectivity index (χ0) is 15.4. The van der Waals surface area contributed by atoms with Gasteiger partial charge in [-0.3, -0.25) is 9.69 Å². The van der Waals surface area contributed by atoms with Gasteiger partial charge in [-0.1, -0.05) is 60.7 Å². The van der Waals surface area contributed by atoms with E-state index in [2.05, 4.69) is 29.2 Å². The number of piperidine rings is 1. The molecule has 0 aromatic heterocycles. The Balaban J connectivity index is 0.00000192. The number of carbonyl (C=O) groups excluding carboxylic acids is 1. The topological polar surface area (TPSA) is 46.3 Å². The normalized spacial score (nSPS) is 17.2. The number of amides is 1. The van der Waals surface area contributed by atoms with Gasteiger partial charge in [-0.2, -0.15) is 0 Å². The molecule has 0 radical (unpaired) electrons. The maximum atomic E-state index is 12.1. The summed E-state index contributed by atoms with van der Waals surface area (Å²) >= 11 is 0. The van der Waals surface area contributed by atoms with Gasteiger partial charge in [0.1, 0.15) is 0 Å². The summed E-state index contributed by atoms with van der Waals surface area (Å²) in [6.45, 7) is 2.73. The van der Waals surface area contributed by atoms with E-state index in [1.165, 1.54) is 5.56 Å². The molecule has 4 heteroatoms. The lowest BCUT2D eigenvalue weighted by molar-refractivity contribution is -0.125. The number of nitrogens with zero attached hydrogens (tertiary/aromatic N) is 1. The summed E-state index contributed by atoms with van der Waals surface area (Å²) < 4.78 is 0. The molecule has 2 aromatic carbocycles. The van der Waals surface area contributed by atoms with E-state index in [0.717, 1.165) is 38.0 Å².